The van der Waals surface area contributed by atoms with Gasteiger partial charge in [-0.25, -0.2) is 19.2 Å². The number of aromatic nitrogens is 2. The molecule has 1 aromatic heterocycles. The van der Waals surface area contributed by atoms with Gasteiger partial charge in [-0.2, -0.15) is 22.0 Å². The molecule has 0 fully saturated rings. The molecular formula is C18H18F6N4O4. The Kier molecular flexibility index (Phi) is 10.00. The Morgan fingerprint density at radius 3 is 1.94 bits per heavy atom. The van der Waals surface area contributed by atoms with E-state index in [1.165, 1.54) is 12.1 Å². The fourth-order valence-electron chi connectivity index (χ4n) is 2.16. The van der Waals surface area contributed by atoms with Crippen LogP contribution in [-0.4, -0.2) is 57.4 Å². The lowest BCUT2D eigenvalue weighted by molar-refractivity contribution is -0.192. The summed E-state index contributed by atoms with van der Waals surface area (Å²) >= 11 is 0. The van der Waals surface area contributed by atoms with Crippen LogP contribution in [0.4, 0.5) is 26.3 Å². The maximum atomic E-state index is 13.0. The highest BCUT2D eigenvalue weighted by Crippen LogP contribution is 2.23. The molecule has 0 aliphatic rings. The van der Waals surface area contributed by atoms with Gasteiger partial charge in [0.1, 0.15) is 18.6 Å². The summed E-state index contributed by atoms with van der Waals surface area (Å²) in [5.41, 5.74) is 7.16. The number of nitrogens with two attached hydrogens (primary N) is 1. The number of aliphatic hydroxyl groups is 1. The third-order valence-electron chi connectivity index (χ3n) is 3.79. The lowest BCUT2D eigenvalue weighted by atomic mass is 10.00. The minimum atomic E-state index is -5.08. The zero-order chi connectivity index (χ0) is 24.5. The van der Waals surface area contributed by atoms with E-state index in [0.29, 0.717) is 11.4 Å². The second-order valence-electron chi connectivity index (χ2n) is 6.03. The van der Waals surface area contributed by atoms with Crippen molar-refractivity contribution in [2.24, 2.45) is 5.73 Å². The zero-order valence-electron chi connectivity index (χ0n) is 16.1. The summed E-state index contributed by atoms with van der Waals surface area (Å²) in [4.78, 5) is 28.0. The Morgan fingerprint density at radius 1 is 1.06 bits per heavy atom. The monoisotopic (exact) mass is 468 g/mol. The maximum Gasteiger partial charge on any atom is 0.490 e. The zero-order valence-corrected chi connectivity index (χ0v) is 16.1. The molecular weight excluding hydrogens is 450 g/mol. The van der Waals surface area contributed by atoms with Gasteiger partial charge in [-0.15, -0.1) is 0 Å². The number of hydrogen-bond acceptors (Lipinski definition) is 6. The van der Waals surface area contributed by atoms with E-state index in [1.807, 2.05) is 0 Å². The van der Waals surface area contributed by atoms with E-state index in [1.54, 1.807) is 29.8 Å². The Bertz CT molecular complexity index is 879. The van der Waals surface area contributed by atoms with Gasteiger partial charge < -0.3 is 21.3 Å². The van der Waals surface area contributed by atoms with E-state index in [4.69, 9.17) is 15.6 Å². The highest BCUT2D eigenvalue weighted by atomic mass is 19.4. The quantitative estimate of drug-likeness (QED) is 0.456. The summed E-state index contributed by atoms with van der Waals surface area (Å²) in [6.07, 6.45) is -6.64. The Hall–Kier alpha value is -3.26. The Balaban J connectivity index is 0.000000633. The van der Waals surface area contributed by atoms with E-state index < -0.39 is 43.3 Å². The number of carbonyl (C=O) groups excluding carboxylic acids is 1. The number of nitrogens with one attached hydrogen (secondary N) is 1. The fraction of sp³-hybridized carbons (Fsp3) is 0.333. The number of carbonyl (C=O) groups is 2. The van der Waals surface area contributed by atoms with E-state index in [2.05, 4.69) is 9.97 Å². The standard InChI is InChI=1S/C16H17F3N4O2.C2HF3O2/c17-5-12(23-16(25)15(18)19)14(24)10-3-1-9(2-4-10)11-7-21-13(6-20)22-8-11;3-2(4,5)1(6)7/h1-4,7-8,12,14-15,24H,5-6,20H2,(H,23,25);(H,6,7)/t12-,14-;/m1./s1. The molecule has 0 spiro atoms. The molecule has 0 aliphatic carbocycles. The third kappa shape index (κ3) is 8.11. The largest absolute Gasteiger partial charge is 0.490 e. The summed E-state index contributed by atoms with van der Waals surface area (Å²) in [7, 11) is 0. The fourth-order valence-corrected chi connectivity index (χ4v) is 2.16. The summed E-state index contributed by atoms with van der Waals surface area (Å²) < 4.78 is 69.2. The van der Waals surface area contributed by atoms with Crippen LogP contribution in [-0.2, 0) is 16.1 Å². The number of halogens is 6. The van der Waals surface area contributed by atoms with Gasteiger partial charge in [0.2, 0.25) is 0 Å². The number of aliphatic carboxylic acids is 1. The van der Waals surface area contributed by atoms with Gasteiger partial charge in [-0.3, -0.25) is 4.79 Å². The minimum Gasteiger partial charge on any atom is -0.475 e. The molecule has 1 heterocycles. The predicted octanol–water partition coefficient (Wildman–Crippen LogP) is 1.99. The molecule has 176 valence electrons. The summed E-state index contributed by atoms with van der Waals surface area (Å²) in [6.45, 7) is -0.962. The van der Waals surface area contributed by atoms with Crippen molar-refractivity contribution in [1.29, 1.82) is 0 Å². The van der Waals surface area contributed by atoms with Gasteiger partial charge in [0.15, 0.2) is 0 Å². The highest BCUT2D eigenvalue weighted by molar-refractivity contribution is 5.79. The van der Waals surface area contributed by atoms with Crippen LogP contribution >= 0.6 is 0 Å². The van der Waals surface area contributed by atoms with Crippen LogP contribution in [0.5, 0.6) is 0 Å². The average molecular weight is 468 g/mol. The molecule has 5 N–H and O–H groups in total. The first-order valence-electron chi connectivity index (χ1n) is 8.64. The number of alkyl halides is 6. The van der Waals surface area contributed by atoms with Gasteiger partial charge in [0, 0.05) is 18.0 Å². The number of amides is 1. The van der Waals surface area contributed by atoms with Crippen molar-refractivity contribution >= 4 is 11.9 Å². The van der Waals surface area contributed by atoms with E-state index >= 15 is 0 Å². The molecule has 1 amide bonds. The number of carboxylic acids is 1. The maximum absolute atomic E-state index is 13.0. The average Bonchev–Trinajstić information content (AvgIpc) is 2.76. The van der Waals surface area contributed by atoms with Gasteiger partial charge in [0.05, 0.1) is 12.6 Å². The normalized spacial score (nSPS) is 13.0. The molecule has 0 unspecified atom stereocenters. The van der Waals surface area contributed by atoms with Gasteiger partial charge in [-0.1, -0.05) is 24.3 Å². The molecule has 2 aromatic rings. The molecule has 8 nitrogen and oxygen atoms in total. The number of nitrogens with zero attached hydrogens (tertiary/aromatic N) is 2. The molecule has 0 saturated heterocycles. The predicted molar refractivity (Wildman–Crippen MR) is 97.9 cm³/mol. The van der Waals surface area contributed by atoms with Crippen molar-refractivity contribution in [3.05, 3.63) is 48.0 Å². The number of hydrogen-bond donors (Lipinski definition) is 4. The van der Waals surface area contributed by atoms with Crippen LogP contribution in [0.25, 0.3) is 11.1 Å². The molecule has 14 heteroatoms. The summed E-state index contributed by atoms with van der Waals surface area (Å²) in [6, 6.07) is 4.84. The summed E-state index contributed by atoms with van der Waals surface area (Å²) in [5.74, 6) is -3.89. The topological polar surface area (TPSA) is 138 Å². The molecule has 2 rings (SSSR count). The Labute approximate surface area is 177 Å². The van der Waals surface area contributed by atoms with Crippen LogP contribution in [0.3, 0.4) is 0 Å². The van der Waals surface area contributed by atoms with Crippen molar-refractivity contribution in [1.82, 2.24) is 15.3 Å². The molecule has 1 aromatic carbocycles. The molecule has 32 heavy (non-hydrogen) atoms. The smallest absolute Gasteiger partial charge is 0.475 e. The minimum absolute atomic E-state index is 0.223. The van der Waals surface area contributed by atoms with Crippen LogP contribution in [0.1, 0.15) is 17.5 Å². The van der Waals surface area contributed by atoms with E-state index in [-0.39, 0.29) is 12.1 Å². The van der Waals surface area contributed by atoms with Crippen LogP contribution in [0.15, 0.2) is 36.7 Å². The van der Waals surface area contributed by atoms with Gasteiger partial charge >= 0.3 is 18.6 Å². The molecule has 2 atom stereocenters. The molecule has 0 saturated carbocycles. The molecule has 0 aliphatic heterocycles. The third-order valence-corrected chi connectivity index (χ3v) is 3.79. The molecule has 0 bridgehead atoms. The Morgan fingerprint density at radius 2 is 1.56 bits per heavy atom. The number of carboxylic acid groups (broad SMARTS) is 1. The van der Waals surface area contributed by atoms with Crippen molar-refractivity contribution < 1.29 is 46.1 Å². The molecule has 0 radical (unpaired) electrons. The first-order chi connectivity index (χ1) is 14.9. The number of aliphatic hydroxyl groups excluding tert-OH is 1. The van der Waals surface area contributed by atoms with Crippen molar-refractivity contribution in [3.63, 3.8) is 0 Å². The second kappa shape index (κ2) is 12.0. The van der Waals surface area contributed by atoms with Crippen LogP contribution < -0.4 is 11.1 Å². The van der Waals surface area contributed by atoms with E-state index in [9.17, 15) is 36.2 Å². The van der Waals surface area contributed by atoms with Crippen LogP contribution in [0.2, 0.25) is 0 Å². The van der Waals surface area contributed by atoms with Crippen molar-refractivity contribution in [2.45, 2.75) is 31.3 Å². The highest BCUT2D eigenvalue weighted by Gasteiger charge is 2.38. The van der Waals surface area contributed by atoms with Crippen molar-refractivity contribution in [3.8, 4) is 11.1 Å². The van der Waals surface area contributed by atoms with Crippen LogP contribution in [0, 0.1) is 0 Å². The van der Waals surface area contributed by atoms with Gasteiger partial charge in [0.25, 0.3) is 5.91 Å². The second-order valence-corrected chi connectivity index (χ2v) is 6.03. The number of benzene rings is 1. The first-order valence-corrected chi connectivity index (χ1v) is 8.64. The SMILES string of the molecule is NCc1ncc(-c2ccc([C@@H](O)[C@@H](CF)NC(=O)C(F)F)cc2)cn1.O=C(O)C(F)(F)F. The van der Waals surface area contributed by atoms with Crippen molar-refractivity contribution in [2.75, 3.05) is 6.67 Å². The van der Waals surface area contributed by atoms with E-state index in [0.717, 1.165) is 5.56 Å². The lowest BCUT2D eigenvalue weighted by Gasteiger charge is -2.21. The summed E-state index contributed by atoms with van der Waals surface area (Å²) in [5, 5.41) is 19.0. The van der Waals surface area contributed by atoms with Gasteiger partial charge in [-0.05, 0) is 11.1 Å². The number of rotatable bonds is 7. The first kappa shape index (κ1) is 26.8. The lowest BCUT2D eigenvalue weighted by Crippen LogP contribution is -2.43.